The predicted molar refractivity (Wildman–Crippen MR) is 138 cm³/mol. The Bertz CT molecular complexity index is 1610. The van der Waals surface area contributed by atoms with Gasteiger partial charge in [-0.25, -0.2) is 37.3 Å². The Balaban J connectivity index is 1.42. The highest BCUT2D eigenvalue weighted by Crippen LogP contribution is 2.36. The van der Waals surface area contributed by atoms with Gasteiger partial charge in [0.15, 0.2) is 5.82 Å². The molecule has 11 nitrogen and oxygen atoms in total. The third-order valence-corrected chi connectivity index (χ3v) is 7.98. The number of sulfonamides is 1. The van der Waals surface area contributed by atoms with Crippen molar-refractivity contribution in [3.05, 3.63) is 53.8 Å². The fraction of sp³-hybridized carbons (Fsp3) is 0.348. The van der Waals surface area contributed by atoms with Crippen LogP contribution in [0.1, 0.15) is 18.4 Å². The lowest BCUT2D eigenvalue weighted by Crippen LogP contribution is -2.42. The lowest BCUT2D eigenvalue weighted by Gasteiger charge is -2.30. The summed E-state index contributed by atoms with van der Waals surface area (Å²) in [7, 11) is -1.56. The van der Waals surface area contributed by atoms with Crippen molar-refractivity contribution in [1.82, 2.24) is 38.6 Å². The summed E-state index contributed by atoms with van der Waals surface area (Å²) in [6.45, 7) is 0.592. The Morgan fingerprint density at radius 1 is 1.13 bits per heavy atom. The first-order chi connectivity index (χ1) is 18.4. The van der Waals surface area contributed by atoms with E-state index in [1.165, 1.54) is 27.7 Å². The van der Waals surface area contributed by atoms with E-state index < -0.39 is 21.8 Å². The molecule has 0 atom stereocenters. The van der Waals surface area contributed by atoms with Gasteiger partial charge in [-0.05, 0) is 31.0 Å². The number of nitrogens with zero attached hydrogens (tertiary/aromatic N) is 8. The average molecular weight is 582 g/mol. The average Bonchev–Trinajstić information content (AvgIpc) is 3.52. The molecule has 0 radical (unpaired) electrons. The van der Waals surface area contributed by atoms with E-state index in [2.05, 4.69) is 30.4 Å². The molecule has 4 heterocycles. The van der Waals surface area contributed by atoms with Crippen molar-refractivity contribution < 1.29 is 21.6 Å². The van der Waals surface area contributed by atoms with Crippen LogP contribution in [0.2, 0.25) is 5.02 Å². The molecule has 206 valence electrons. The summed E-state index contributed by atoms with van der Waals surface area (Å²) in [4.78, 5) is 16.4. The van der Waals surface area contributed by atoms with Crippen LogP contribution in [0.4, 0.5) is 19.1 Å². The topological polar surface area (TPSA) is 124 Å². The van der Waals surface area contributed by atoms with E-state index in [0.717, 1.165) is 18.0 Å². The number of hydrogen-bond donors (Lipinski definition) is 1. The number of aromatic nitrogens is 7. The summed E-state index contributed by atoms with van der Waals surface area (Å²) in [5.74, 6) is 0.601. The lowest BCUT2D eigenvalue weighted by molar-refractivity contribution is -0.137. The number of hydrogen-bond acceptors (Lipinski definition) is 8. The van der Waals surface area contributed by atoms with E-state index in [1.54, 1.807) is 29.9 Å². The minimum absolute atomic E-state index is 0.00332. The van der Waals surface area contributed by atoms with Gasteiger partial charge in [-0.3, -0.25) is 0 Å². The largest absolute Gasteiger partial charge is 0.420 e. The third kappa shape index (κ3) is 5.74. The molecule has 3 aromatic heterocycles. The quantitative estimate of drug-likeness (QED) is 0.366. The molecular weight excluding hydrogens is 559 g/mol. The predicted octanol–water partition coefficient (Wildman–Crippen LogP) is 3.63. The second-order valence-electron chi connectivity index (χ2n) is 9.07. The number of aryl methyl sites for hydroxylation is 1. The molecule has 1 fully saturated rings. The SMILES string of the molecule is Cn1ncnc1-c1ccc(-n2cnc(-c3nc(NC4CCN(S(C)(=O)=O)CC4)ncc3C(F)(F)F)c2)c(Cl)c1. The third-order valence-electron chi connectivity index (χ3n) is 6.37. The van der Waals surface area contributed by atoms with Crippen LogP contribution in [0.25, 0.3) is 28.5 Å². The Labute approximate surface area is 226 Å². The molecule has 1 N–H and O–H groups in total. The maximum absolute atomic E-state index is 13.9. The highest BCUT2D eigenvalue weighted by Gasteiger charge is 2.36. The molecule has 16 heteroatoms. The smallest absolute Gasteiger partial charge is 0.351 e. The summed E-state index contributed by atoms with van der Waals surface area (Å²) >= 11 is 6.50. The van der Waals surface area contributed by atoms with Gasteiger partial charge in [-0.1, -0.05) is 11.6 Å². The van der Waals surface area contributed by atoms with Crippen molar-refractivity contribution in [1.29, 1.82) is 0 Å². The molecule has 0 bridgehead atoms. The Kier molecular flexibility index (Phi) is 7.07. The molecule has 0 saturated carbocycles. The first kappa shape index (κ1) is 27.0. The summed E-state index contributed by atoms with van der Waals surface area (Å²) in [6.07, 6.45) is 2.26. The molecule has 4 aromatic rings. The van der Waals surface area contributed by atoms with Crippen LogP contribution in [-0.4, -0.2) is 72.4 Å². The number of rotatable bonds is 6. The number of halogens is 4. The van der Waals surface area contributed by atoms with Crippen molar-refractivity contribution in [2.75, 3.05) is 24.7 Å². The lowest BCUT2D eigenvalue weighted by atomic mass is 10.1. The molecule has 5 rings (SSSR count). The minimum Gasteiger partial charge on any atom is -0.351 e. The summed E-state index contributed by atoms with van der Waals surface area (Å²) < 4.78 is 69.5. The van der Waals surface area contributed by atoms with Crippen LogP contribution in [0.15, 0.2) is 43.2 Å². The second kappa shape index (κ2) is 10.2. The van der Waals surface area contributed by atoms with Crippen molar-refractivity contribution in [2.24, 2.45) is 7.05 Å². The van der Waals surface area contributed by atoms with Gasteiger partial charge in [-0.2, -0.15) is 18.3 Å². The molecule has 1 aliphatic heterocycles. The molecule has 1 aliphatic rings. The van der Waals surface area contributed by atoms with E-state index in [9.17, 15) is 21.6 Å². The van der Waals surface area contributed by atoms with E-state index >= 15 is 0 Å². The summed E-state index contributed by atoms with van der Waals surface area (Å²) in [5, 5.41) is 7.40. The molecule has 0 spiro atoms. The number of benzene rings is 1. The summed E-state index contributed by atoms with van der Waals surface area (Å²) in [5.41, 5.74) is -0.224. The number of anilines is 1. The molecule has 0 unspecified atom stereocenters. The number of piperidine rings is 1. The van der Waals surface area contributed by atoms with Gasteiger partial charge in [0.2, 0.25) is 16.0 Å². The van der Waals surface area contributed by atoms with Gasteiger partial charge in [0.05, 0.1) is 17.0 Å². The van der Waals surface area contributed by atoms with Crippen LogP contribution < -0.4 is 5.32 Å². The highest BCUT2D eigenvalue weighted by molar-refractivity contribution is 7.88. The van der Waals surface area contributed by atoms with E-state index in [1.807, 2.05) is 0 Å². The number of imidazole rings is 1. The van der Waals surface area contributed by atoms with Gasteiger partial charge in [0.25, 0.3) is 0 Å². The zero-order valence-corrected chi connectivity index (χ0v) is 22.3. The van der Waals surface area contributed by atoms with Crippen LogP contribution in [0.5, 0.6) is 0 Å². The molecule has 39 heavy (non-hydrogen) atoms. The van der Waals surface area contributed by atoms with Crippen molar-refractivity contribution in [3.63, 3.8) is 0 Å². The van der Waals surface area contributed by atoms with Crippen LogP contribution in [0, 0.1) is 0 Å². The Morgan fingerprint density at radius 3 is 2.49 bits per heavy atom. The molecule has 1 saturated heterocycles. The Hall–Kier alpha value is -3.56. The number of nitrogens with one attached hydrogen (secondary N) is 1. The normalized spacial score (nSPS) is 15.5. The van der Waals surface area contributed by atoms with E-state index in [-0.39, 0.29) is 23.4 Å². The Morgan fingerprint density at radius 2 is 1.87 bits per heavy atom. The fourth-order valence-electron chi connectivity index (χ4n) is 4.36. The van der Waals surface area contributed by atoms with Gasteiger partial charge in [-0.15, -0.1) is 0 Å². The zero-order valence-electron chi connectivity index (χ0n) is 20.8. The molecule has 1 aromatic carbocycles. The van der Waals surface area contributed by atoms with Gasteiger partial charge < -0.3 is 9.88 Å². The van der Waals surface area contributed by atoms with Gasteiger partial charge in [0.1, 0.15) is 29.6 Å². The minimum atomic E-state index is -4.71. The van der Waals surface area contributed by atoms with E-state index in [4.69, 9.17) is 11.6 Å². The maximum atomic E-state index is 13.9. The zero-order chi connectivity index (χ0) is 27.9. The number of alkyl halides is 3. The van der Waals surface area contributed by atoms with Crippen LogP contribution >= 0.6 is 11.6 Å². The first-order valence-electron chi connectivity index (χ1n) is 11.7. The van der Waals surface area contributed by atoms with Crippen LogP contribution in [-0.2, 0) is 23.2 Å². The van der Waals surface area contributed by atoms with Crippen molar-refractivity contribution >= 4 is 27.6 Å². The standard InChI is InChI=1S/C23H23ClF3N9O2S/c1-34-21(29-12-31-34)14-3-4-19(17(24)9-14)35-11-18(30-13-35)20-16(23(25,26)27)10-28-22(33-20)32-15-5-7-36(8-6-15)39(2,37)38/h3-4,9-13,15H,5-8H2,1-2H3,(H,28,32,33). The van der Waals surface area contributed by atoms with E-state index in [0.29, 0.717) is 42.5 Å². The molecule has 0 aliphatic carbocycles. The van der Waals surface area contributed by atoms with Gasteiger partial charge in [0, 0.05) is 44.1 Å². The van der Waals surface area contributed by atoms with Gasteiger partial charge >= 0.3 is 6.18 Å². The highest BCUT2D eigenvalue weighted by atomic mass is 35.5. The first-order valence-corrected chi connectivity index (χ1v) is 14.0. The monoisotopic (exact) mass is 581 g/mol. The maximum Gasteiger partial charge on any atom is 0.420 e. The fourth-order valence-corrected chi connectivity index (χ4v) is 5.51. The van der Waals surface area contributed by atoms with Crippen molar-refractivity contribution in [3.8, 4) is 28.5 Å². The summed E-state index contributed by atoms with van der Waals surface area (Å²) in [6, 6.07) is 4.96. The second-order valence-corrected chi connectivity index (χ2v) is 11.5. The van der Waals surface area contributed by atoms with Crippen molar-refractivity contribution in [2.45, 2.75) is 25.1 Å². The van der Waals surface area contributed by atoms with Crippen LogP contribution in [0.3, 0.4) is 0 Å². The molecule has 0 amide bonds. The molecular formula is C23H23ClF3N9O2S.